The Bertz CT molecular complexity index is 433. The molecule has 1 aliphatic heterocycles. The van der Waals surface area contributed by atoms with E-state index in [-0.39, 0.29) is 12.1 Å². The van der Waals surface area contributed by atoms with Crippen molar-refractivity contribution < 1.29 is 5.11 Å². The lowest BCUT2D eigenvalue weighted by molar-refractivity contribution is 0.186. The molecular formula is C17H28N2O. The van der Waals surface area contributed by atoms with Gasteiger partial charge in [0.15, 0.2) is 0 Å². The molecule has 1 aromatic rings. The molecule has 0 saturated carbocycles. The van der Waals surface area contributed by atoms with Crippen LogP contribution in [-0.4, -0.2) is 41.3 Å². The minimum atomic E-state index is -0.171. The maximum Gasteiger partial charge on any atom is 0.0662 e. The van der Waals surface area contributed by atoms with Crippen LogP contribution in [0.1, 0.15) is 38.7 Å². The van der Waals surface area contributed by atoms with Crippen LogP contribution in [0.3, 0.4) is 0 Å². The van der Waals surface area contributed by atoms with E-state index in [0.717, 1.165) is 38.0 Å². The van der Waals surface area contributed by atoms with Gasteiger partial charge in [-0.3, -0.25) is 0 Å². The molecule has 0 aliphatic carbocycles. The Morgan fingerprint density at radius 1 is 1.25 bits per heavy atom. The van der Waals surface area contributed by atoms with E-state index in [2.05, 4.69) is 55.3 Å². The average Bonchev–Trinajstić information content (AvgIpc) is 2.65. The fraction of sp³-hybridized carbons (Fsp3) is 0.647. The molecule has 0 spiro atoms. The third-order valence-electron chi connectivity index (χ3n) is 4.56. The Labute approximate surface area is 123 Å². The van der Waals surface area contributed by atoms with Crippen molar-refractivity contribution in [2.24, 2.45) is 0 Å². The predicted octanol–water partition coefficient (Wildman–Crippen LogP) is 3.03. The first kappa shape index (κ1) is 15.3. The predicted molar refractivity (Wildman–Crippen MR) is 85.2 cm³/mol. The van der Waals surface area contributed by atoms with Gasteiger partial charge >= 0.3 is 0 Å². The van der Waals surface area contributed by atoms with Crippen molar-refractivity contribution in [2.75, 3.05) is 25.0 Å². The van der Waals surface area contributed by atoms with Crippen LogP contribution < -0.4 is 5.32 Å². The molecule has 1 atom stereocenters. The number of rotatable bonds is 4. The van der Waals surface area contributed by atoms with Gasteiger partial charge in [0.25, 0.3) is 0 Å². The highest BCUT2D eigenvalue weighted by molar-refractivity contribution is 5.52. The Morgan fingerprint density at radius 3 is 2.65 bits per heavy atom. The zero-order chi connectivity index (χ0) is 14.6. The Morgan fingerprint density at radius 2 is 2.00 bits per heavy atom. The van der Waals surface area contributed by atoms with Crippen LogP contribution in [0.4, 0.5) is 5.69 Å². The molecule has 0 radical (unpaired) electrons. The van der Waals surface area contributed by atoms with Crippen molar-refractivity contribution in [3.05, 3.63) is 29.8 Å². The van der Waals surface area contributed by atoms with Crippen LogP contribution in [0.2, 0.25) is 0 Å². The van der Waals surface area contributed by atoms with Gasteiger partial charge in [0.05, 0.1) is 12.1 Å². The summed E-state index contributed by atoms with van der Waals surface area (Å²) in [4.78, 5) is 2.51. The lowest BCUT2D eigenvalue weighted by atomic mass is 9.90. The summed E-state index contributed by atoms with van der Waals surface area (Å²) in [7, 11) is 0. The molecule has 0 bridgehead atoms. The molecule has 3 nitrogen and oxygen atoms in total. The standard InChI is InChI=1S/C17H28N2O/c1-14(2)19-11-6-9-17(13-20,10-12-19)18-16-8-5-4-7-15(16)3/h4-5,7-8,14,18,20H,6,9-13H2,1-3H3. The maximum atomic E-state index is 9.96. The quantitative estimate of drug-likeness (QED) is 0.887. The van der Waals surface area contributed by atoms with Crippen molar-refractivity contribution in [2.45, 2.75) is 51.6 Å². The highest BCUT2D eigenvalue weighted by atomic mass is 16.3. The van der Waals surface area contributed by atoms with Gasteiger partial charge in [0.2, 0.25) is 0 Å². The van der Waals surface area contributed by atoms with E-state index in [1.54, 1.807) is 0 Å². The molecule has 1 aromatic carbocycles. The first-order valence-electron chi connectivity index (χ1n) is 7.75. The van der Waals surface area contributed by atoms with Gasteiger partial charge in [-0.2, -0.15) is 0 Å². The second-order valence-corrected chi connectivity index (χ2v) is 6.36. The third kappa shape index (κ3) is 3.53. The number of hydrogen-bond donors (Lipinski definition) is 2. The van der Waals surface area contributed by atoms with E-state index >= 15 is 0 Å². The minimum absolute atomic E-state index is 0.171. The number of hydrogen-bond acceptors (Lipinski definition) is 3. The summed E-state index contributed by atoms with van der Waals surface area (Å²) in [6, 6.07) is 8.92. The molecule has 20 heavy (non-hydrogen) atoms. The van der Waals surface area contributed by atoms with Gasteiger partial charge in [0.1, 0.15) is 0 Å². The van der Waals surface area contributed by atoms with Gasteiger partial charge < -0.3 is 15.3 Å². The summed E-state index contributed by atoms with van der Waals surface area (Å²) in [5.74, 6) is 0. The summed E-state index contributed by atoms with van der Waals surface area (Å²) in [6.45, 7) is 9.01. The van der Waals surface area contributed by atoms with Crippen LogP contribution in [0.5, 0.6) is 0 Å². The van der Waals surface area contributed by atoms with Crippen LogP contribution in [-0.2, 0) is 0 Å². The lowest BCUT2D eigenvalue weighted by Gasteiger charge is -2.34. The minimum Gasteiger partial charge on any atom is -0.394 e. The molecule has 1 unspecified atom stereocenters. The van der Waals surface area contributed by atoms with Crippen molar-refractivity contribution in [1.29, 1.82) is 0 Å². The van der Waals surface area contributed by atoms with Gasteiger partial charge in [-0.15, -0.1) is 0 Å². The van der Waals surface area contributed by atoms with Crippen LogP contribution >= 0.6 is 0 Å². The van der Waals surface area contributed by atoms with E-state index in [0.29, 0.717) is 6.04 Å². The zero-order valence-corrected chi connectivity index (χ0v) is 13.0. The Balaban J connectivity index is 2.12. The first-order chi connectivity index (χ1) is 9.56. The van der Waals surface area contributed by atoms with Crippen molar-refractivity contribution >= 4 is 5.69 Å². The molecule has 112 valence electrons. The summed E-state index contributed by atoms with van der Waals surface area (Å²) in [6.07, 6.45) is 3.16. The summed E-state index contributed by atoms with van der Waals surface area (Å²) in [5.41, 5.74) is 2.22. The highest BCUT2D eigenvalue weighted by Crippen LogP contribution is 2.28. The van der Waals surface area contributed by atoms with Gasteiger partial charge in [-0.05, 0) is 58.2 Å². The molecule has 0 aromatic heterocycles. The smallest absolute Gasteiger partial charge is 0.0662 e. The zero-order valence-electron chi connectivity index (χ0n) is 13.0. The maximum absolute atomic E-state index is 9.96. The fourth-order valence-corrected chi connectivity index (χ4v) is 3.05. The summed E-state index contributed by atoms with van der Waals surface area (Å²) < 4.78 is 0. The number of likely N-dealkylation sites (tertiary alicyclic amines) is 1. The topological polar surface area (TPSA) is 35.5 Å². The molecule has 1 aliphatic rings. The number of nitrogens with one attached hydrogen (secondary N) is 1. The molecule has 1 heterocycles. The largest absolute Gasteiger partial charge is 0.394 e. The lowest BCUT2D eigenvalue weighted by Crippen LogP contribution is -2.43. The summed E-state index contributed by atoms with van der Waals surface area (Å²) >= 11 is 0. The SMILES string of the molecule is Cc1ccccc1NC1(CO)CCCN(C(C)C)CC1. The van der Waals surface area contributed by atoms with Crippen LogP contribution in [0.25, 0.3) is 0 Å². The van der Waals surface area contributed by atoms with Crippen molar-refractivity contribution in [3.8, 4) is 0 Å². The number of benzene rings is 1. The third-order valence-corrected chi connectivity index (χ3v) is 4.56. The second kappa shape index (κ2) is 6.59. The number of aliphatic hydroxyl groups excluding tert-OH is 1. The number of para-hydroxylation sites is 1. The van der Waals surface area contributed by atoms with Crippen LogP contribution in [0.15, 0.2) is 24.3 Å². The molecule has 1 saturated heterocycles. The summed E-state index contributed by atoms with van der Waals surface area (Å²) in [5, 5.41) is 13.6. The fourth-order valence-electron chi connectivity index (χ4n) is 3.05. The number of aryl methyl sites for hydroxylation is 1. The van der Waals surface area contributed by atoms with Gasteiger partial charge in [0, 0.05) is 18.3 Å². The number of aliphatic hydroxyl groups is 1. The van der Waals surface area contributed by atoms with Gasteiger partial charge in [-0.25, -0.2) is 0 Å². The van der Waals surface area contributed by atoms with E-state index in [1.807, 2.05) is 0 Å². The molecule has 1 fully saturated rings. The molecule has 0 amide bonds. The van der Waals surface area contributed by atoms with E-state index < -0.39 is 0 Å². The van der Waals surface area contributed by atoms with E-state index in [4.69, 9.17) is 0 Å². The van der Waals surface area contributed by atoms with Crippen LogP contribution in [0, 0.1) is 6.92 Å². The monoisotopic (exact) mass is 276 g/mol. The van der Waals surface area contributed by atoms with Gasteiger partial charge in [-0.1, -0.05) is 18.2 Å². The van der Waals surface area contributed by atoms with Crippen molar-refractivity contribution in [1.82, 2.24) is 4.90 Å². The molecule has 2 rings (SSSR count). The normalized spacial score (nSPS) is 24.6. The number of nitrogens with zero attached hydrogens (tertiary/aromatic N) is 1. The molecule has 3 heteroatoms. The number of anilines is 1. The van der Waals surface area contributed by atoms with E-state index in [9.17, 15) is 5.11 Å². The second-order valence-electron chi connectivity index (χ2n) is 6.36. The first-order valence-corrected chi connectivity index (χ1v) is 7.75. The Kier molecular flexibility index (Phi) is 5.06. The molecule has 2 N–H and O–H groups in total. The Hall–Kier alpha value is -1.06. The average molecular weight is 276 g/mol. The van der Waals surface area contributed by atoms with E-state index in [1.165, 1.54) is 5.56 Å². The van der Waals surface area contributed by atoms with Crippen molar-refractivity contribution in [3.63, 3.8) is 0 Å². The highest BCUT2D eigenvalue weighted by Gasteiger charge is 2.32. The molecular weight excluding hydrogens is 248 g/mol.